The monoisotopic (exact) mass is 379 g/mol. The van der Waals surface area contributed by atoms with Crippen LogP contribution in [0.4, 0.5) is 0 Å². The molecule has 26 heavy (non-hydrogen) atoms. The Kier molecular flexibility index (Phi) is 5.33. The lowest BCUT2D eigenvalue weighted by Gasteiger charge is -2.10. The quantitative estimate of drug-likeness (QED) is 0.328. The average molecular weight is 380 g/mol. The highest BCUT2D eigenvalue weighted by molar-refractivity contribution is 7.99. The number of para-hydroxylation sites is 2. The third kappa shape index (κ3) is 3.81. The van der Waals surface area contributed by atoms with Gasteiger partial charge in [-0.3, -0.25) is 4.57 Å². The number of hydrogen-bond donors (Lipinski definition) is 0. The zero-order valence-corrected chi connectivity index (χ0v) is 15.6. The SMILES string of the molecule is c1ccc(OCCSc2nnc(-c3cccs3)n2-c2ccccc2)cc1. The highest BCUT2D eigenvalue weighted by Gasteiger charge is 2.16. The molecule has 2 aromatic heterocycles. The molecular weight excluding hydrogens is 362 g/mol. The van der Waals surface area contributed by atoms with Crippen LogP contribution in [0.15, 0.2) is 83.3 Å². The molecule has 130 valence electrons. The highest BCUT2D eigenvalue weighted by Crippen LogP contribution is 2.30. The zero-order valence-electron chi connectivity index (χ0n) is 14.0. The van der Waals surface area contributed by atoms with Crippen molar-refractivity contribution in [1.82, 2.24) is 14.8 Å². The lowest BCUT2D eigenvalue weighted by molar-refractivity contribution is 0.344. The summed E-state index contributed by atoms with van der Waals surface area (Å²) in [5.74, 6) is 2.55. The normalized spacial score (nSPS) is 10.8. The summed E-state index contributed by atoms with van der Waals surface area (Å²) in [6.07, 6.45) is 0. The van der Waals surface area contributed by atoms with E-state index in [-0.39, 0.29) is 0 Å². The van der Waals surface area contributed by atoms with Crippen molar-refractivity contribution in [2.75, 3.05) is 12.4 Å². The van der Waals surface area contributed by atoms with Crippen LogP contribution in [0.3, 0.4) is 0 Å². The van der Waals surface area contributed by atoms with Crippen molar-refractivity contribution in [3.8, 4) is 22.1 Å². The predicted molar refractivity (Wildman–Crippen MR) is 107 cm³/mol. The number of nitrogens with zero attached hydrogens (tertiary/aromatic N) is 3. The van der Waals surface area contributed by atoms with Crippen LogP contribution < -0.4 is 4.74 Å². The first-order chi connectivity index (χ1) is 12.9. The topological polar surface area (TPSA) is 39.9 Å². The van der Waals surface area contributed by atoms with Gasteiger partial charge in [0, 0.05) is 11.4 Å². The minimum atomic E-state index is 0.616. The molecule has 0 N–H and O–H groups in total. The second-order valence-electron chi connectivity index (χ2n) is 5.46. The molecule has 0 unspecified atom stereocenters. The molecule has 0 spiro atoms. The van der Waals surface area contributed by atoms with Gasteiger partial charge in [0.25, 0.3) is 0 Å². The molecule has 0 saturated heterocycles. The van der Waals surface area contributed by atoms with Crippen molar-refractivity contribution < 1.29 is 4.74 Å². The van der Waals surface area contributed by atoms with Crippen LogP contribution in [-0.2, 0) is 0 Å². The van der Waals surface area contributed by atoms with Gasteiger partial charge in [-0.2, -0.15) is 0 Å². The second-order valence-corrected chi connectivity index (χ2v) is 7.47. The number of ether oxygens (including phenoxy) is 1. The summed E-state index contributed by atoms with van der Waals surface area (Å²) < 4.78 is 7.89. The molecule has 4 rings (SSSR count). The Hall–Kier alpha value is -2.57. The third-order valence-corrected chi connectivity index (χ3v) is 5.47. The molecule has 0 radical (unpaired) electrons. The van der Waals surface area contributed by atoms with E-state index in [0.717, 1.165) is 33.0 Å². The molecule has 2 heterocycles. The summed E-state index contributed by atoms with van der Waals surface area (Å²) in [6.45, 7) is 0.616. The summed E-state index contributed by atoms with van der Waals surface area (Å²) in [5, 5.41) is 11.8. The van der Waals surface area contributed by atoms with Gasteiger partial charge in [0.2, 0.25) is 0 Å². The van der Waals surface area contributed by atoms with Gasteiger partial charge in [-0.1, -0.05) is 54.2 Å². The van der Waals surface area contributed by atoms with Crippen molar-refractivity contribution in [3.05, 3.63) is 78.2 Å². The lowest BCUT2D eigenvalue weighted by atomic mass is 10.3. The van der Waals surface area contributed by atoms with Crippen molar-refractivity contribution >= 4 is 23.1 Å². The predicted octanol–water partition coefficient (Wildman–Crippen LogP) is 5.17. The van der Waals surface area contributed by atoms with E-state index in [9.17, 15) is 0 Å². The summed E-state index contributed by atoms with van der Waals surface area (Å²) in [7, 11) is 0. The molecule has 6 heteroatoms. The van der Waals surface area contributed by atoms with Gasteiger partial charge in [0.05, 0.1) is 11.5 Å². The average Bonchev–Trinajstić information content (AvgIpc) is 3.36. The molecule has 0 aliphatic carbocycles. The maximum Gasteiger partial charge on any atom is 0.196 e. The fourth-order valence-electron chi connectivity index (χ4n) is 2.55. The van der Waals surface area contributed by atoms with Crippen LogP contribution in [-0.4, -0.2) is 27.1 Å². The molecular formula is C20H17N3OS2. The molecule has 4 aromatic rings. The van der Waals surface area contributed by atoms with E-state index in [0.29, 0.717) is 6.61 Å². The fourth-order valence-corrected chi connectivity index (χ4v) is 4.02. The molecule has 0 bridgehead atoms. The Morgan fingerprint density at radius 1 is 0.885 bits per heavy atom. The molecule has 0 saturated carbocycles. The molecule has 0 atom stereocenters. The summed E-state index contributed by atoms with van der Waals surface area (Å²) in [4.78, 5) is 1.11. The van der Waals surface area contributed by atoms with Crippen molar-refractivity contribution in [2.24, 2.45) is 0 Å². The molecule has 0 aliphatic heterocycles. The first-order valence-corrected chi connectivity index (χ1v) is 10.1. The van der Waals surface area contributed by atoms with E-state index in [1.54, 1.807) is 23.1 Å². The van der Waals surface area contributed by atoms with Crippen LogP contribution in [0, 0.1) is 0 Å². The molecule has 0 aliphatic rings. The van der Waals surface area contributed by atoms with E-state index in [1.807, 2.05) is 54.6 Å². The second kappa shape index (κ2) is 8.21. The van der Waals surface area contributed by atoms with Gasteiger partial charge in [-0.15, -0.1) is 21.5 Å². The van der Waals surface area contributed by atoms with E-state index in [1.165, 1.54) is 0 Å². The molecule has 0 fully saturated rings. The maximum atomic E-state index is 5.78. The number of hydrogen-bond acceptors (Lipinski definition) is 5. The first kappa shape index (κ1) is 16.9. The van der Waals surface area contributed by atoms with Crippen LogP contribution in [0.2, 0.25) is 0 Å². The number of thioether (sulfide) groups is 1. The van der Waals surface area contributed by atoms with Crippen LogP contribution >= 0.6 is 23.1 Å². The van der Waals surface area contributed by atoms with E-state index < -0.39 is 0 Å². The molecule has 2 aromatic carbocycles. The van der Waals surface area contributed by atoms with Crippen molar-refractivity contribution in [1.29, 1.82) is 0 Å². The third-order valence-electron chi connectivity index (χ3n) is 3.72. The molecule has 0 amide bonds. The van der Waals surface area contributed by atoms with Gasteiger partial charge < -0.3 is 4.74 Å². The molecule has 4 nitrogen and oxygen atoms in total. The minimum Gasteiger partial charge on any atom is -0.493 e. The van der Waals surface area contributed by atoms with Crippen LogP contribution in [0.5, 0.6) is 5.75 Å². The van der Waals surface area contributed by atoms with Crippen LogP contribution in [0.25, 0.3) is 16.4 Å². The first-order valence-electron chi connectivity index (χ1n) is 8.27. The Bertz CT molecular complexity index is 938. The maximum absolute atomic E-state index is 5.78. The van der Waals surface area contributed by atoms with Crippen molar-refractivity contribution in [2.45, 2.75) is 5.16 Å². The Morgan fingerprint density at radius 3 is 2.38 bits per heavy atom. The van der Waals surface area contributed by atoms with Gasteiger partial charge in [0.15, 0.2) is 11.0 Å². The Balaban J connectivity index is 1.52. The standard InChI is InChI=1S/C20H17N3OS2/c1-3-8-16(9-4-1)23-19(18-12-7-14-25-18)21-22-20(23)26-15-13-24-17-10-5-2-6-11-17/h1-12,14H,13,15H2. The Labute approximate surface area is 160 Å². The zero-order chi connectivity index (χ0) is 17.6. The minimum absolute atomic E-state index is 0.616. The van der Waals surface area contributed by atoms with Crippen molar-refractivity contribution in [3.63, 3.8) is 0 Å². The number of benzene rings is 2. The van der Waals surface area contributed by atoms with Gasteiger partial charge >= 0.3 is 0 Å². The van der Waals surface area contributed by atoms with Gasteiger partial charge in [-0.05, 0) is 35.7 Å². The summed E-state index contributed by atoms with van der Waals surface area (Å²) in [6, 6.07) is 24.2. The van der Waals surface area contributed by atoms with E-state index >= 15 is 0 Å². The van der Waals surface area contributed by atoms with Gasteiger partial charge in [-0.25, -0.2) is 0 Å². The number of aromatic nitrogens is 3. The number of rotatable bonds is 7. The van der Waals surface area contributed by atoms with E-state index in [4.69, 9.17) is 4.74 Å². The van der Waals surface area contributed by atoms with E-state index in [2.05, 4.69) is 38.3 Å². The summed E-state index contributed by atoms with van der Waals surface area (Å²) in [5.41, 5.74) is 1.06. The largest absolute Gasteiger partial charge is 0.493 e. The lowest BCUT2D eigenvalue weighted by Crippen LogP contribution is -2.03. The fraction of sp³-hybridized carbons (Fsp3) is 0.100. The van der Waals surface area contributed by atoms with Crippen LogP contribution in [0.1, 0.15) is 0 Å². The smallest absolute Gasteiger partial charge is 0.196 e. The highest BCUT2D eigenvalue weighted by atomic mass is 32.2. The number of thiophene rings is 1. The Morgan fingerprint density at radius 2 is 1.65 bits per heavy atom. The summed E-state index contributed by atoms with van der Waals surface area (Å²) >= 11 is 3.31. The van der Waals surface area contributed by atoms with Gasteiger partial charge in [0.1, 0.15) is 5.75 Å².